The summed E-state index contributed by atoms with van der Waals surface area (Å²) >= 11 is 0. The van der Waals surface area contributed by atoms with E-state index in [0.717, 1.165) is 12.1 Å². The van der Waals surface area contributed by atoms with Crippen LogP contribution in [0.15, 0.2) is 30.3 Å². The first-order valence-corrected chi connectivity index (χ1v) is 6.71. The van der Waals surface area contributed by atoms with Crippen molar-refractivity contribution in [1.29, 1.82) is 0 Å². The third-order valence-electron chi connectivity index (χ3n) is 3.82. The monoisotopic (exact) mass is 304 g/mol. The lowest BCUT2D eigenvalue weighted by molar-refractivity contribution is -0.135. The molecule has 1 unspecified atom stereocenters. The molecule has 0 bridgehead atoms. The smallest absolute Gasteiger partial charge is 0.312 e. The minimum atomic E-state index is -0.946. The van der Waals surface area contributed by atoms with Gasteiger partial charge in [-0.25, -0.2) is 8.78 Å². The van der Waals surface area contributed by atoms with Crippen molar-refractivity contribution in [3.05, 3.63) is 53.1 Å². The van der Waals surface area contributed by atoms with Crippen LogP contribution in [0.2, 0.25) is 0 Å². The highest BCUT2D eigenvalue weighted by molar-refractivity contribution is 5.78. The number of hydrogen-bond acceptors (Lipinski definition) is 4. The summed E-state index contributed by atoms with van der Waals surface area (Å²) in [5.41, 5.74) is 1.20. The minimum absolute atomic E-state index is 0.0533. The van der Waals surface area contributed by atoms with Crippen molar-refractivity contribution in [2.45, 2.75) is 12.3 Å². The number of benzene rings is 2. The molecule has 0 amide bonds. The molecule has 2 aromatic rings. The molecule has 1 atom stereocenters. The van der Waals surface area contributed by atoms with E-state index in [-0.39, 0.29) is 13.2 Å². The Labute approximate surface area is 124 Å². The van der Waals surface area contributed by atoms with Gasteiger partial charge in [0, 0.05) is 17.5 Å². The van der Waals surface area contributed by atoms with E-state index in [9.17, 15) is 13.6 Å². The van der Waals surface area contributed by atoms with Gasteiger partial charge in [-0.1, -0.05) is 6.07 Å². The molecule has 0 aromatic heterocycles. The van der Waals surface area contributed by atoms with Crippen molar-refractivity contribution in [2.75, 3.05) is 6.79 Å². The van der Waals surface area contributed by atoms with Crippen LogP contribution in [0.25, 0.3) is 0 Å². The molecular weight excluding hydrogens is 294 g/mol. The highest BCUT2D eigenvalue weighted by Crippen LogP contribution is 2.46. The van der Waals surface area contributed by atoms with Gasteiger partial charge < -0.3 is 14.2 Å². The Hall–Kier alpha value is -2.63. The van der Waals surface area contributed by atoms with Crippen molar-refractivity contribution in [2.24, 2.45) is 0 Å². The second-order valence-corrected chi connectivity index (χ2v) is 5.15. The van der Waals surface area contributed by atoms with Crippen molar-refractivity contribution in [3.8, 4) is 17.2 Å². The van der Waals surface area contributed by atoms with Gasteiger partial charge in [-0.05, 0) is 23.8 Å². The lowest BCUT2D eigenvalue weighted by Crippen LogP contribution is -2.21. The number of fused-ring (bicyclic) bond motifs is 2. The molecule has 0 aliphatic carbocycles. The molecule has 0 saturated heterocycles. The normalized spacial score (nSPS) is 18.8. The fraction of sp³-hybridized carbons (Fsp3) is 0.188. The Morgan fingerprint density at radius 3 is 2.50 bits per heavy atom. The van der Waals surface area contributed by atoms with Crippen LogP contribution >= 0.6 is 0 Å². The zero-order valence-electron chi connectivity index (χ0n) is 11.3. The molecule has 0 spiro atoms. The van der Waals surface area contributed by atoms with Crippen LogP contribution in [0.4, 0.5) is 8.78 Å². The molecule has 22 heavy (non-hydrogen) atoms. The van der Waals surface area contributed by atoms with E-state index in [0.29, 0.717) is 28.4 Å². The summed E-state index contributed by atoms with van der Waals surface area (Å²) in [6, 6.07) is 6.93. The fourth-order valence-electron chi connectivity index (χ4n) is 2.77. The van der Waals surface area contributed by atoms with Gasteiger partial charge in [0.15, 0.2) is 23.1 Å². The molecule has 0 fully saturated rings. The molecule has 2 heterocycles. The van der Waals surface area contributed by atoms with Crippen molar-refractivity contribution >= 4 is 5.97 Å². The van der Waals surface area contributed by atoms with Gasteiger partial charge in [0.05, 0.1) is 6.42 Å². The Morgan fingerprint density at radius 1 is 0.955 bits per heavy atom. The predicted octanol–water partition coefficient (Wildman–Crippen LogP) is 3.13. The molecule has 2 aliphatic rings. The summed E-state index contributed by atoms with van der Waals surface area (Å²) in [4.78, 5) is 11.8. The van der Waals surface area contributed by atoms with Crippen molar-refractivity contribution < 1.29 is 27.8 Å². The Bertz CT molecular complexity index is 788. The van der Waals surface area contributed by atoms with Crippen LogP contribution in [0.5, 0.6) is 17.2 Å². The SMILES string of the molecule is O=C1CC(c2ccc(F)c(F)c2)c2cc3c(cc2O1)OCO3. The number of hydrogen-bond donors (Lipinski definition) is 0. The predicted molar refractivity (Wildman–Crippen MR) is 71.0 cm³/mol. The average Bonchev–Trinajstić information content (AvgIpc) is 2.94. The molecule has 112 valence electrons. The standard InChI is InChI=1S/C16H10F2O4/c17-11-2-1-8(3-12(11)18)9-5-16(19)22-13-6-15-14(4-10(9)13)20-7-21-15/h1-4,6,9H,5,7H2. The van der Waals surface area contributed by atoms with Gasteiger partial charge in [0.25, 0.3) is 0 Å². The zero-order chi connectivity index (χ0) is 15.3. The Morgan fingerprint density at radius 2 is 1.73 bits per heavy atom. The summed E-state index contributed by atoms with van der Waals surface area (Å²) in [6.07, 6.45) is 0.0533. The summed E-state index contributed by atoms with van der Waals surface area (Å²) in [5.74, 6) is -1.31. The largest absolute Gasteiger partial charge is 0.454 e. The van der Waals surface area contributed by atoms with E-state index in [2.05, 4.69) is 0 Å². The van der Waals surface area contributed by atoms with Crippen LogP contribution in [-0.2, 0) is 4.79 Å². The average molecular weight is 304 g/mol. The van der Waals surface area contributed by atoms with Crippen molar-refractivity contribution in [3.63, 3.8) is 0 Å². The molecule has 0 radical (unpaired) electrons. The Balaban J connectivity index is 1.84. The van der Waals surface area contributed by atoms with E-state index in [1.807, 2.05) is 0 Å². The number of ether oxygens (including phenoxy) is 3. The van der Waals surface area contributed by atoms with Gasteiger partial charge in [-0.15, -0.1) is 0 Å². The molecule has 0 saturated carbocycles. The molecule has 0 N–H and O–H groups in total. The van der Waals surface area contributed by atoms with Crippen LogP contribution in [0.3, 0.4) is 0 Å². The second kappa shape index (κ2) is 4.69. The molecular formula is C16H10F2O4. The summed E-state index contributed by atoms with van der Waals surface area (Å²) in [6.45, 7) is 0.0992. The number of halogens is 2. The first-order chi connectivity index (χ1) is 10.6. The topological polar surface area (TPSA) is 44.8 Å². The van der Waals surface area contributed by atoms with Gasteiger partial charge in [0.1, 0.15) is 5.75 Å². The molecule has 6 heteroatoms. The Kier molecular flexibility index (Phi) is 2.79. The van der Waals surface area contributed by atoms with E-state index < -0.39 is 23.5 Å². The molecule has 4 rings (SSSR count). The highest BCUT2D eigenvalue weighted by atomic mass is 19.2. The van der Waals surface area contributed by atoms with Crippen LogP contribution in [0, 0.1) is 11.6 Å². The third-order valence-corrected chi connectivity index (χ3v) is 3.82. The maximum absolute atomic E-state index is 13.5. The van der Waals surface area contributed by atoms with Gasteiger partial charge in [0.2, 0.25) is 6.79 Å². The van der Waals surface area contributed by atoms with E-state index >= 15 is 0 Å². The fourth-order valence-corrected chi connectivity index (χ4v) is 2.77. The first kappa shape index (κ1) is 13.1. The van der Waals surface area contributed by atoms with Crippen molar-refractivity contribution in [1.82, 2.24) is 0 Å². The first-order valence-electron chi connectivity index (χ1n) is 6.71. The summed E-state index contributed by atoms with van der Waals surface area (Å²) in [7, 11) is 0. The number of rotatable bonds is 1. The lowest BCUT2D eigenvalue weighted by Gasteiger charge is -2.25. The van der Waals surface area contributed by atoms with Crippen LogP contribution in [0.1, 0.15) is 23.5 Å². The zero-order valence-corrected chi connectivity index (χ0v) is 11.3. The van der Waals surface area contributed by atoms with E-state index in [1.54, 1.807) is 12.1 Å². The number of esters is 1. The van der Waals surface area contributed by atoms with Gasteiger partial charge in [-0.3, -0.25) is 4.79 Å². The molecule has 2 aliphatic heterocycles. The highest BCUT2D eigenvalue weighted by Gasteiger charge is 2.31. The number of carbonyl (C=O) groups excluding carboxylic acids is 1. The summed E-state index contributed by atoms with van der Waals surface area (Å²) in [5, 5.41) is 0. The van der Waals surface area contributed by atoms with E-state index in [1.165, 1.54) is 6.07 Å². The van der Waals surface area contributed by atoms with E-state index in [4.69, 9.17) is 14.2 Å². The second-order valence-electron chi connectivity index (χ2n) is 5.15. The quantitative estimate of drug-likeness (QED) is 0.600. The molecule has 2 aromatic carbocycles. The maximum Gasteiger partial charge on any atom is 0.312 e. The maximum atomic E-state index is 13.5. The third kappa shape index (κ3) is 1.99. The van der Waals surface area contributed by atoms with Gasteiger partial charge in [-0.2, -0.15) is 0 Å². The van der Waals surface area contributed by atoms with Crippen LogP contribution < -0.4 is 14.2 Å². The molecule has 4 nitrogen and oxygen atoms in total. The number of carbonyl (C=O) groups is 1. The van der Waals surface area contributed by atoms with Crippen LogP contribution in [-0.4, -0.2) is 12.8 Å². The van der Waals surface area contributed by atoms with Gasteiger partial charge >= 0.3 is 5.97 Å². The summed E-state index contributed by atoms with van der Waals surface area (Å²) < 4.78 is 42.4. The minimum Gasteiger partial charge on any atom is -0.454 e. The lowest BCUT2D eigenvalue weighted by atomic mass is 9.86.